The van der Waals surface area contributed by atoms with Crippen LogP contribution in [0.2, 0.25) is 0 Å². The van der Waals surface area contributed by atoms with Gasteiger partial charge in [-0.05, 0) is 37.6 Å². The molecular weight excluding hydrogens is 430 g/mol. The van der Waals surface area contributed by atoms with Crippen molar-refractivity contribution in [3.63, 3.8) is 0 Å². The summed E-state index contributed by atoms with van der Waals surface area (Å²) < 4.78 is 11.9. The van der Waals surface area contributed by atoms with Gasteiger partial charge in [-0.3, -0.25) is 4.79 Å². The molecule has 172 valence electrons. The lowest BCUT2D eigenvalue weighted by atomic mass is 9.91. The van der Waals surface area contributed by atoms with Crippen LogP contribution >= 0.6 is 0 Å². The van der Waals surface area contributed by atoms with Crippen LogP contribution in [0.1, 0.15) is 45.9 Å². The molecule has 34 heavy (non-hydrogen) atoms. The second-order valence-electron chi connectivity index (χ2n) is 8.72. The Morgan fingerprint density at radius 2 is 1.76 bits per heavy atom. The van der Waals surface area contributed by atoms with Crippen molar-refractivity contribution in [3.05, 3.63) is 99.2 Å². The van der Waals surface area contributed by atoms with Crippen molar-refractivity contribution in [2.75, 3.05) is 18.5 Å². The summed E-state index contributed by atoms with van der Waals surface area (Å²) in [5.41, 5.74) is 4.36. The highest BCUT2D eigenvalue weighted by molar-refractivity contribution is 5.94. The topological polar surface area (TPSA) is 88.8 Å². The van der Waals surface area contributed by atoms with E-state index in [0.717, 1.165) is 16.7 Å². The second-order valence-corrected chi connectivity index (χ2v) is 8.72. The maximum absolute atomic E-state index is 13.8. The van der Waals surface area contributed by atoms with Gasteiger partial charge in [-0.15, -0.1) is 0 Å². The molecule has 1 aromatic heterocycles. The van der Waals surface area contributed by atoms with Crippen LogP contribution in [0.5, 0.6) is 0 Å². The van der Waals surface area contributed by atoms with Gasteiger partial charge in [-0.1, -0.05) is 48.5 Å². The summed E-state index contributed by atoms with van der Waals surface area (Å²) in [4.78, 5) is 25.4. The summed E-state index contributed by atoms with van der Waals surface area (Å²) in [6.07, 6.45) is 0. The molecule has 0 amide bonds. The molecule has 2 heterocycles. The molecule has 0 radical (unpaired) electrons. The van der Waals surface area contributed by atoms with Crippen LogP contribution < -0.4 is 10.7 Å². The summed E-state index contributed by atoms with van der Waals surface area (Å²) in [6.45, 7) is 4.87. The first-order valence-electron chi connectivity index (χ1n) is 11.3. The lowest BCUT2D eigenvalue weighted by Crippen LogP contribution is -2.30. The van der Waals surface area contributed by atoms with E-state index in [1.165, 1.54) is 0 Å². The maximum Gasteiger partial charge on any atom is 0.337 e. The fourth-order valence-corrected chi connectivity index (χ4v) is 4.49. The Balaban J connectivity index is 1.70. The first-order chi connectivity index (χ1) is 16.4. The maximum atomic E-state index is 13.8. The van der Waals surface area contributed by atoms with Gasteiger partial charge in [0.25, 0.3) is 0 Å². The Morgan fingerprint density at radius 3 is 2.44 bits per heavy atom. The predicted octanol–water partition coefficient (Wildman–Crippen LogP) is 5.75. The minimum Gasteiger partial charge on any atom is -0.478 e. The third kappa shape index (κ3) is 3.86. The number of nitrogens with one attached hydrogen (secondary N) is 1. The Labute approximate surface area is 196 Å². The van der Waals surface area contributed by atoms with Crippen molar-refractivity contribution in [3.8, 4) is 11.3 Å². The van der Waals surface area contributed by atoms with Gasteiger partial charge < -0.3 is 19.6 Å². The third-order valence-corrected chi connectivity index (χ3v) is 6.28. The molecule has 1 aliphatic rings. The van der Waals surface area contributed by atoms with Gasteiger partial charge in [0.2, 0.25) is 0 Å². The zero-order valence-electron chi connectivity index (χ0n) is 19.0. The molecule has 1 unspecified atom stereocenters. The highest BCUT2D eigenvalue weighted by Crippen LogP contribution is 2.36. The molecule has 1 aliphatic heterocycles. The normalized spacial score (nSPS) is 14.5. The molecule has 2 N–H and O–H groups in total. The third-order valence-electron chi connectivity index (χ3n) is 6.28. The summed E-state index contributed by atoms with van der Waals surface area (Å²) in [7, 11) is 0. The predicted molar refractivity (Wildman–Crippen MR) is 132 cm³/mol. The van der Waals surface area contributed by atoms with Crippen LogP contribution in [0.4, 0.5) is 5.69 Å². The zero-order chi connectivity index (χ0) is 23.8. The fraction of sp³-hybridized carbons (Fsp3) is 0.214. The second kappa shape index (κ2) is 8.80. The van der Waals surface area contributed by atoms with E-state index in [-0.39, 0.29) is 23.0 Å². The highest BCUT2D eigenvalue weighted by Gasteiger charge is 2.30. The van der Waals surface area contributed by atoms with Crippen LogP contribution in [0.25, 0.3) is 22.3 Å². The smallest absolute Gasteiger partial charge is 0.337 e. The fourth-order valence-electron chi connectivity index (χ4n) is 4.49. The van der Waals surface area contributed by atoms with Crippen LogP contribution in [-0.4, -0.2) is 24.3 Å². The number of carboxylic acid groups (broad SMARTS) is 1. The molecule has 1 atom stereocenters. The van der Waals surface area contributed by atoms with Crippen molar-refractivity contribution in [2.45, 2.75) is 25.8 Å². The van der Waals surface area contributed by atoms with E-state index in [4.69, 9.17) is 9.15 Å². The molecule has 0 aliphatic carbocycles. The molecule has 4 aromatic rings. The number of para-hydroxylation sites is 1. The molecule has 1 fully saturated rings. The Kier molecular flexibility index (Phi) is 5.67. The van der Waals surface area contributed by atoms with E-state index < -0.39 is 5.97 Å². The Bertz CT molecular complexity index is 1440. The molecule has 0 bridgehead atoms. The molecule has 6 nitrogen and oxygen atoms in total. The zero-order valence-corrected chi connectivity index (χ0v) is 19.0. The molecular formula is C28H25NO5. The number of aryl methyl sites for hydroxylation is 1. The average molecular weight is 456 g/mol. The number of aromatic carboxylic acids is 1. The number of hydrogen-bond donors (Lipinski definition) is 2. The Hall–Kier alpha value is -3.90. The van der Waals surface area contributed by atoms with Crippen LogP contribution in [0, 0.1) is 6.92 Å². The van der Waals surface area contributed by atoms with Gasteiger partial charge in [-0.2, -0.15) is 0 Å². The van der Waals surface area contributed by atoms with Crippen LogP contribution in [0.3, 0.4) is 0 Å². The van der Waals surface area contributed by atoms with Gasteiger partial charge in [0, 0.05) is 22.7 Å². The van der Waals surface area contributed by atoms with E-state index in [9.17, 15) is 14.7 Å². The summed E-state index contributed by atoms with van der Waals surface area (Å²) >= 11 is 0. The number of carbonyl (C=O) groups is 1. The van der Waals surface area contributed by atoms with Crippen LogP contribution in [0.15, 0.2) is 75.9 Å². The van der Waals surface area contributed by atoms with Gasteiger partial charge in [0.1, 0.15) is 11.3 Å². The van der Waals surface area contributed by atoms with Gasteiger partial charge >= 0.3 is 5.97 Å². The monoisotopic (exact) mass is 455 g/mol. The first kappa shape index (κ1) is 21.9. The van der Waals surface area contributed by atoms with Crippen molar-refractivity contribution < 1.29 is 19.1 Å². The summed E-state index contributed by atoms with van der Waals surface area (Å²) in [6, 6.07) is 19.9. The standard InChI is InChI=1S/C28H25NO5/c1-16-12-21(17(2)29-23-11-7-6-10-20(23)28(31)32)27-22(13-16)25(30)24(19-14-33-15-19)26(34-27)18-8-4-3-5-9-18/h3-13,17,19,29H,14-15H2,1-2H3,(H,31,32). The minimum absolute atomic E-state index is 0.00203. The Morgan fingerprint density at radius 1 is 1.06 bits per heavy atom. The van der Waals surface area contributed by atoms with Crippen molar-refractivity contribution in [1.29, 1.82) is 0 Å². The number of carboxylic acids is 1. The van der Waals surface area contributed by atoms with Gasteiger partial charge in [0.15, 0.2) is 5.43 Å². The van der Waals surface area contributed by atoms with Crippen molar-refractivity contribution in [2.24, 2.45) is 0 Å². The molecule has 0 saturated carbocycles. The number of fused-ring (bicyclic) bond motifs is 1. The molecule has 1 saturated heterocycles. The summed E-state index contributed by atoms with van der Waals surface area (Å²) in [5, 5.41) is 13.4. The SMILES string of the molecule is Cc1cc(C(C)Nc2ccccc2C(=O)O)c2oc(-c3ccccc3)c(C3COC3)c(=O)c2c1. The van der Waals surface area contributed by atoms with E-state index in [1.54, 1.807) is 24.3 Å². The van der Waals surface area contributed by atoms with E-state index >= 15 is 0 Å². The van der Waals surface area contributed by atoms with Crippen LogP contribution in [-0.2, 0) is 4.74 Å². The number of anilines is 1. The van der Waals surface area contributed by atoms with E-state index in [0.29, 0.717) is 41.2 Å². The highest BCUT2D eigenvalue weighted by atomic mass is 16.5. The van der Waals surface area contributed by atoms with Crippen molar-refractivity contribution in [1.82, 2.24) is 0 Å². The molecule has 3 aromatic carbocycles. The molecule has 0 spiro atoms. The van der Waals surface area contributed by atoms with Gasteiger partial charge in [-0.25, -0.2) is 4.79 Å². The number of hydrogen-bond acceptors (Lipinski definition) is 5. The average Bonchev–Trinajstić information content (AvgIpc) is 2.80. The van der Waals surface area contributed by atoms with Gasteiger partial charge in [0.05, 0.1) is 35.8 Å². The van der Waals surface area contributed by atoms with E-state index in [1.807, 2.05) is 56.3 Å². The largest absolute Gasteiger partial charge is 0.478 e. The number of ether oxygens (including phenoxy) is 1. The molecule has 5 rings (SSSR count). The first-order valence-corrected chi connectivity index (χ1v) is 11.3. The lowest BCUT2D eigenvalue weighted by molar-refractivity contribution is 0.00777. The lowest BCUT2D eigenvalue weighted by Gasteiger charge is -2.28. The van der Waals surface area contributed by atoms with E-state index in [2.05, 4.69) is 5.32 Å². The molecule has 6 heteroatoms. The minimum atomic E-state index is -1.00. The number of benzene rings is 3. The quantitative estimate of drug-likeness (QED) is 0.385. The number of rotatable bonds is 6. The summed E-state index contributed by atoms with van der Waals surface area (Å²) in [5.74, 6) is -0.442. The van der Waals surface area contributed by atoms with Crippen molar-refractivity contribution >= 4 is 22.6 Å².